The number of hydrogen-bond acceptors (Lipinski definition) is 2. The van der Waals surface area contributed by atoms with E-state index in [0.29, 0.717) is 9.37 Å². The fraction of sp³-hybridized carbons (Fsp3) is 0.571. The Morgan fingerprint density at radius 3 is 2.42 bits per heavy atom. The van der Waals surface area contributed by atoms with Gasteiger partial charge in [0.25, 0.3) is 0 Å². The molecule has 5 heteroatoms. The summed E-state index contributed by atoms with van der Waals surface area (Å²) in [5.74, 6) is 0.768. The van der Waals surface area contributed by atoms with Gasteiger partial charge in [0, 0.05) is 10.5 Å². The highest BCUT2D eigenvalue weighted by Crippen LogP contribution is 2.28. The maximum atomic E-state index is 12.3. The lowest BCUT2D eigenvalue weighted by Gasteiger charge is -2.28. The minimum Gasteiger partial charge on any atom is -0.208 e. The summed E-state index contributed by atoms with van der Waals surface area (Å²) in [4.78, 5) is 0.326. The van der Waals surface area contributed by atoms with Crippen LogP contribution in [0.25, 0.3) is 0 Å². The molecule has 0 aromatic heterocycles. The van der Waals surface area contributed by atoms with Gasteiger partial charge in [0.05, 0.1) is 4.90 Å². The zero-order chi connectivity index (χ0) is 13.9. The first kappa shape index (κ1) is 15.0. The van der Waals surface area contributed by atoms with Gasteiger partial charge in [0.1, 0.15) is 0 Å². The summed E-state index contributed by atoms with van der Waals surface area (Å²) in [7, 11) is -3.41. The maximum Gasteiger partial charge on any atom is 0.241 e. The van der Waals surface area contributed by atoms with Crippen molar-refractivity contribution in [1.29, 1.82) is 0 Å². The van der Waals surface area contributed by atoms with Crippen LogP contribution in [0.3, 0.4) is 0 Å². The van der Waals surface area contributed by atoms with Crippen LogP contribution in [0.2, 0.25) is 0 Å². The number of halogens is 1. The van der Waals surface area contributed by atoms with Crippen LogP contribution >= 0.6 is 15.9 Å². The predicted molar refractivity (Wildman–Crippen MR) is 80.5 cm³/mol. The van der Waals surface area contributed by atoms with Gasteiger partial charge in [-0.25, -0.2) is 13.1 Å². The molecule has 1 aromatic carbocycles. The topological polar surface area (TPSA) is 46.2 Å². The molecule has 3 nitrogen and oxygen atoms in total. The molecule has 0 bridgehead atoms. The lowest BCUT2D eigenvalue weighted by molar-refractivity contribution is 0.306. The summed E-state index contributed by atoms with van der Waals surface area (Å²) < 4.78 is 28.1. The predicted octanol–water partition coefficient (Wildman–Crippen LogP) is 3.70. The number of sulfonamides is 1. The highest BCUT2D eigenvalue weighted by Gasteiger charge is 2.25. The van der Waals surface area contributed by atoms with E-state index in [-0.39, 0.29) is 6.04 Å². The lowest BCUT2D eigenvalue weighted by Crippen LogP contribution is -2.37. The Morgan fingerprint density at radius 1 is 1.21 bits per heavy atom. The van der Waals surface area contributed by atoms with Crippen molar-refractivity contribution in [2.75, 3.05) is 0 Å². The Bertz CT molecular complexity index is 522. The first-order valence-corrected chi connectivity index (χ1v) is 9.07. The van der Waals surface area contributed by atoms with Crippen molar-refractivity contribution in [3.63, 3.8) is 0 Å². The third-order valence-corrected chi connectivity index (χ3v) is 6.40. The summed E-state index contributed by atoms with van der Waals surface area (Å²) in [5, 5.41) is 0. The lowest BCUT2D eigenvalue weighted by atomic mass is 9.85. The van der Waals surface area contributed by atoms with Crippen molar-refractivity contribution in [2.45, 2.75) is 50.0 Å². The molecule has 1 N–H and O–H groups in total. The third-order valence-electron chi connectivity index (χ3n) is 3.87. The second-order valence-electron chi connectivity index (χ2n) is 5.18. The van der Waals surface area contributed by atoms with E-state index < -0.39 is 10.0 Å². The number of nitrogens with one attached hydrogen (secondary N) is 1. The zero-order valence-corrected chi connectivity index (χ0v) is 13.5. The fourth-order valence-corrected chi connectivity index (χ4v) is 4.94. The molecule has 2 rings (SSSR count). The van der Waals surface area contributed by atoms with Crippen LogP contribution in [0.5, 0.6) is 0 Å². The number of benzene rings is 1. The van der Waals surface area contributed by atoms with E-state index in [1.165, 1.54) is 6.42 Å². The van der Waals surface area contributed by atoms with Crippen molar-refractivity contribution in [3.8, 4) is 0 Å². The Kier molecular flexibility index (Phi) is 5.03. The van der Waals surface area contributed by atoms with Crippen LogP contribution in [0.1, 0.15) is 39.0 Å². The van der Waals surface area contributed by atoms with Gasteiger partial charge in [-0.1, -0.05) is 25.5 Å². The van der Waals surface area contributed by atoms with Gasteiger partial charge in [0.2, 0.25) is 10.0 Å². The quantitative estimate of drug-likeness (QED) is 0.904. The average Bonchev–Trinajstić information content (AvgIpc) is 2.39. The normalized spacial score (nSPS) is 24.3. The molecule has 0 amide bonds. The Labute approximate surface area is 124 Å². The van der Waals surface area contributed by atoms with Gasteiger partial charge in [-0.05, 0) is 59.7 Å². The van der Waals surface area contributed by atoms with Crippen molar-refractivity contribution in [1.82, 2.24) is 4.72 Å². The summed E-state index contributed by atoms with van der Waals surface area (Å²) >= 11 is 3.30. The second-order valence-corrected chi connectivity index (χ2v) is 7.71. The Morgan fingerprint density at radius 2 is 1.84 bits per heavy atom. The highest BCUT2D eigenvalue weighted by atomic mass is 79.9. The number of rotatable bonds is 4. The first-order chi connectivity index (χ1) is 9.03. The molecular weight excluding hydrogens is 326 g/mol. The van der Waals surface area contributed by atoms with Crippen molar-refractivity contribution >= 4 is 26.0 Å². The van der Waals surface area contributed by atoms with E-state index in [1.807, 2.05) is 6.07 Å². The van der Waals surface area contributed by atoms with Crippen LogP contribution < -0.4 is 4.72 Å². The molecule has 1 fully saturated rings. The van der Waals surface area contributed by atoms with Crippen molar-refractivity contribution in [3.05, 3.63) is 28.7 Å². The SMILES string of the molecule is CCC1CCC(NS(=O)(=O)c2ccccc2Br)CC1. The minimum absolute atomic E-state index is 0.0832. The summed E-state index contributed by atoms with van der Waals surface area (Å²) in [6.07, 6.45) is 5.34. The summed E-state index contributed by atoms with van der Waals surface area (Å²) in [6, 6.07) is 7.02. The molecule has 0 saturated heterocycles. The average molecular weight is 346 g/mol. The summed E-state index contributed by atoms with van der Waals surface area (Å²) in [5.41, 5.74) is 0. The molecule has 0 radical (unpaired) electrons. The van der Waals surface area contributed by atoms with Gasteiger partial charge < -0.3 is 0 Å². The Hall–Kier alpha value is -0.390. The van der Waals surface area contributed by atoms with E-state index in [1.54, 1.807) is 18.2 Å². The second kappa shape index (κ2) is 6.37. The molecule has 19 heavy (non-hydrogen) atoms. The molecular formula is C14H20BrNO2S. The molecule has 0 aliphatic heterocycles. The minimum atomic E-state index is -3.41. The van der Waals surface area contributed by atoms with E-state index >= 15 is 0 Å². The highest BCUT2D eigenvalue weighted by molar-refractivity contribution is 9.10. The molecule has 0 atom stereocenters. The van der Waals surface area contributed by atoms with Gasteiger partial charge in [-0.2, -0.15) is 0 Å². The first-order valence-electron chi connectivity index (χ1n) is 6.79. The van der Waals surface area contributed by atoms with E-state index in [2.05, 4.69) is 27.6 Å². The van der Waals surface area contributed by atoms with Crippen molar-refractivity contribution < 1.29 is 8.42 Å². The molecule has 106 valence electrons. The monoisotopic (exact) mass is 345 g/mol. The molecule has 1 aliphatic rings. The molecule has 1 aliphatic carbocycles. The summed E-state index contributed by atoms with van der Waals surface area (Å²) in [6.45, 7) is 2.20. The molecule has 1 saturated carbocycles. The molecule has 0 heterocycles. The number of hydrogen-bond donors (Lipinski definition) is 1. The van der Waals surface area contributed by atoms with Gasteiger partial charge in [0.15, 0.2) is 0 Å². The molecule has 0 unspecified atom stereocenters. The zero-order valence-electron chi connectivity index (χ0n) is 11.1. The smallest absolute Gasteiger partial charge is 0.208 e. The largest absolute Gasteiger partial charge is 0.241 e. The van der Waals surface area contributed by atoms with E-state index in [9.17, 15) is 8.42 Å². The standard InChI is InChI=1S/C14H20BrNO2S/c1-2-11-7-9-12(10-8-11)16-19(17,18)14-6-4-3-5-13(14)15/h3-6,11-12,16H,2,7-10H2,1H3. The van der Waals surface area contributed by atoms with Crippen LogP contribution in [-0.2, 0) is 10.0 Å². The van der Waals surface area contributed by atoms with E-state index in [0.717, 1.165) is 31.6 Å². The third kappa shape index (κ3) is 3.80. The molecule has 1 aromatic rings. The van der Waals surface area contributed by atoms with Crippen LogP contribution in [0.4, 0.5) is 0 Å². The Balaban J connectivity index is 2.05. The van der Waals surface area contributed by atoms with Gasteiger partial charge >= 0.3 is 0 Å². The van der Waals surface area contributed by atoms with Crippen LogP contribution in [-0.4, -0.2) is 14.5 Å². The van der Waals surface area contributed by atoms with E-state index in [4.69, 9.17) is 0 Å². The van der Waals surface area contributed by atoms with Gasteiger partial charge in [-0.15, -0.1) is 0 Å². The molecule has 0 spiro atoms. The van der Waals surface area contributed by atoms with Gasteiger partial charge in [-0.3, -0.25) is 0 Å². The fourth-order valence-electron chi connectivity index (χ4n) is 2.63. The van der Waals surface area contributed by atoms with Crippen LogP contribution in [0, 0.1) is 5.92 Å². The van der Waals surface area contributed by atoms with Crippen LogP contribution in [0.15, 0.2) is 33.6 Å². The van der Waals surface area contributed by atoms with Crippen molar-refractivity contribution in [2.24, 2.45) is 5.92 Å². The maximum absolute atomic E-state index is 12.3.